The van der Waals surface area contributed by atoms with E-state index < -0.39 is 6.09 Å². The molecule has 38 heavy (non-hydrogen) atoms. The van der Waals surface area contributed by atoms with Gasteiger partial charge in [0.2, 0.25) is 0 Å². The number of ether oxygens (including phenoxy) is 1. The van der Waals surface area contributed by atoms with Crippen molar-refractivity contribution in [3.63, 3.8) is 0 Å². The second kappa shape index (κ2) is 11.2. The number of nitrogens with one attached hydrogen (secondary N) is 1. The highest BCUT2D eigenvalue weighted by atomic mass is 16.5. The van der Waals surface area contributed by atoms with Crippen molar-refractivity contribution in [2.45, 2.75) is 45.8 Å². The molecule has 4 rings (SSSR count). The van der Waals surface area contributed by atoms with Crippen LogP contribution in [0.2, 0.25) is 0 Å². The summed E-state index contributed by atoms with van der Waals surface area (Å²) >= 11 is 0. The molecule has 202 valence electrons. The zero-order valence-electron chi connectivity index (χ0n) is 22.5. The first kappa shape index (κ1) is 27.1. The van der Waals surface area contributed by atoms with Crippen LogP contribution in [0, 0.1) is 6.92 Å². The Kier molecular flexibility index (Phi) is 7.96. The van der Waals surface area contributed by atoms with E-state index in [0.29, 0.717) is 32.8 Å². The maximum atomic E-state index is 12.6. The lowest BCUT2D eigenvalue weighted by Crippen LogP contribution is -2.45. The second-order valence-corrected chi connectivity index (χ2v) is 10.5. The zero-order chi connectivity index (χ0) is 27.4. The van der Waals surface area contributed by atoms with Gasteiger partial charge in [0.05, 0.1) is 42.9 Å². The molecule has 1 aliphatic heterocycles. The Labute approximate surface area is 222 Å². The van der Waals surface area contributed by atoms with Crippen LogP contribution in [-0.4, -0.2) is 81.4 Å². The number of pyridine rings is 1. The van der Waals surface area contributed by atoms with Gasteiger partial charge in [-0.1, -0.05) is 23.4 Å². The molecule has 2 aromatic heterocycles. The van der Waals surface area contributed by atoms with E-state index >= 15 is 0 Å². The molecule has 0 bridgehead atoms. The number of hydrogen-bond donors (Lipinski definition) is 2. The van der Waals surface area contributed by atoms with Gasteiger partial charge in [0.25, 0.3) is 5.91 Å². The predicted octanol–water partition coefficient (Wildman–Crippen LogP) is 3.15. The number of nitrogens with zero attached hydrogens (tertiary/aromatic N) is 6. The van der Waals surface area contributed by atoms with Crippen LogP contribution in [0.25, 0.3) is 11.1 Å². The van der Waals surface area contributed by atoms with Crippen LogP contribution in [0.4, 0.5) is 10.5 Å². The molecule has 11 heteroatoms. The standard InChI is InChI=1S/C27H35N7O4/c1-18-12-19(6-7-20(18)13-29-25(35)23-16-34(31-30-23)27(2,3)4)22-8-9-28-14-24(22)33-10-11-38-17-21(15-33)32(5)26(36)37/h6-9,12,14,16,21H,10-11,13,15,17H2,1-5H3,(H,29,35)(H,36,37). The van der Waals surface area contributed by atoms with E-state index in [1.54, 1.807) is 24.1 Å². The number of aromatic nitrogens is 4. The van der Waals surface area contributed by atoms with Gasteiger partial charge in [-0.3, -0.25) is 9.78 Å². The van der Waals surface area contributed by atoms with Crippen molar-refractivity contribution in [3.05, 3.63) is 59.7 Å². The van der Waals surface area contributed by atoms with E-state index in [9.17, 15) is 14.7 Å². The summed E-state index contributed by atoms with van der Waals surface area (Å²) in [5.74, 6) is -0.273. The molecule has 2 N–H and O–H groups in total. The third-order valence-corrected chi connectivity index (χ3v) is 6.74. The molecule has 3 heterocycles. The van der Waals surface area contributed by atoms with E-state index in [2.05, 4.69) is 31.6 Å². The first-order valence-electron chi connectivity index (χ1n) is 12.6. The van der Waals surface area contributed by atoms with Gasteiger partial charge in [0.15, 0.2) is 5.69 Å². The second-order valence-electron chi connectivity index (χ2n) is 10.5. The molecule has 1 unspecified atom stereocenters. The minimum Gasteiger partial charge on any atom is -0.465 e. The molecule has 1 aromatic carbocycles. The highest BCUT2D eigenvalue weighted by molar-refractivity contribution is 5.91. The summed E-state index contributed by atoms with van der Waals surface area (Å²) in [6, 6.07) is 7.80. The summed E-state index contributed by atoms with van der Waals surface area (Å²) in [5.41, 5.74) is 4.98. The highest BCUT2D eigenvalue weighted by Gasteiger charge is 2.26. The summed E-state index contributed by atoms with van der Waals surface area (Å²) < 4.78 is 7.37. The van der Waals surface area contributed by atoms with Crippen LogP contribution in [0.5, 0.6) is 0 Å². The number of anilines is 1. The third-order valence-electron chi connectivity index (χ3n) is 6.74. The average molecular weight is 522 g/mol. The van der Waals surface area contributed by atoms with Crippen LogP contribution < -0.4 is 10.2 Å². The minimum absolute atomic E-state index is 0.253. The summed E-state index contributed by atoms with van der Waals surface area (Å²) in [6.07, 6.45) is 4.24. The normalized spacial score (nSPS) is 16.1. The molecule has 0 spiro atoms. The van der Waals surface area contributed by atoms with Gasteiger partial charge in [-0.05, 0) is 50.5 Å². The van der Waals surface area contributed by atoms with Gasteiger partial charge >= 0.3 is 6.09 Å². The lowest BCUT2D eigenvalue weighted by atomic mass is 9.99. The maximum absolute atomic E-state index is 12.6. The SMILES string of the molecule is Cc1cc(-c2ccncc2N2CCOCC(N(C)C(=O)O)C2)ccc1CNC(=O)c1cn(C(C)(C)C)nn1. The summed E-state index contributed by atoms with van der Waals surface area (Å²) in [7, 11) is 1.57. The zero-order valence-corrected chi connectivity index (χ0v) is 22.5. The van der Waals surface area contributed by atoms with Gasteiger partial charge in [-0.2, -0.15) is 0 Å². The Morgan fingerprint density at radius 2 is 2.05 bits per heavy atom. The van der Waals surface area contributed by atoms with E-state index in [0.717, 1.165) is 27.9 Å². The van der Waals surface area contributed by atoms with Crippen molar-refractivity contribution in [1.29, 1.82) is 0 Å². The van der Waals surface area contributed by atoms with Crippen LogP contribution in [0.15, 0.2) is 42.9 Å². The smallest absolute Gasteiger partial charge is 0.407 e. The van der Waals surface area contributed by atoms with Crippen molar-refractivity contribution in [3.8, 4) is 11.1 Å². The average Bonchev–Trinajstić information content (AvgIpc) is 3.27. The largest absolute Gasteiger partial charge is 0.465 e. The van der Waals surface area contributed by atoms with Crippen molar-refractivity contribution < 1.29 is 19.4 Å². The van der Waals surface area contributed by atoms with Crippen molar-refractivity contribution in [2.24, 2.45) is 0 Å². The van der Waals surface area contributed by atoms with Gasteiger partial charge < -0.3 is 25.0 Å². The number of rotatable bonds is 6. The molecule has 1 saturated heterocycles. The van der Waals surface area contributed by atoms with E-state index in [1.165, 1.54) is 4.90 Å². The Morgan fingerprint density at radius 1 is 1.26 bits per heavy atom. The molecule has 0 radical (unpaired) electrons. The number of carbonyl (C=O) groups is 2. The monoisotopic (exact) mass is 521 g/mol. The molecule has 0 saturated carbocycles. The van der Waals surface area contributed by atoms with E-state index in [4.69, 9.17) is 4.74 Å². The van der Waals surface area contributed by atoms with Crippen molar-refractivity contribution in [2.75, 3.05) is 38.3 Å². The fraction of sp³-hybridized carbons (Fsp3) is 0.444. The van der Waals surface area contributed by atoms with Gasteiger partial charge in [-0.25, -0.2) is 9.48 Å². The number of likely N-dealkylation sites (N-methyl/N-ethyl adjacent to an activating group) is 1. The lowest BCUT2D eigenvalue weighted by Gasteiger charge is -2.30. The molecule has 0 aliphatic carbocycles. The third kappa shape index (κ3) is 6.10. The Morgan fingerprint density at radius 3 is 2.74 bits per heavy atom. The molecule has 1 atom stereocenters. The number of aryl methyl sites for hydroxylation is 1. The van der Waals surface area contributed by atoms with Crippen LogP contribution >= 0.6 is 0 Å². The predicted molar refractivity (Wildman–Crippen MR) is 143 cm³/mol. The summed E-state index contributed by atoms with van der Waals surface area (Å²) in [5, 5.41) is 20.5. The number of amides is 2. The summed E-state index contributed by atoms with van der Waals surface area (Å²) in [6.45, 7) is 10.3. The maximum Gasteiger partial charge on any atom is 0.407 e. The quantitative estimate of drug-likeness (QED) is 0.507. The Bertz CT molecular complexity index is 1300. The molecule has 3 aromatic rings. The number of carbonyl (C=O) groups excluding carboxylic acids is 1. The van der Waals surface area contributed by atoms with Crippen LogP contribution in [0.1, 0.15) is 42.4 Å². The fourth-order valence-electron chi connectivity index (χ4n) is 4.31. The van der Waals surface area contributed by atoms with Crippen molar-refractivity contribution >= 4 is 17.7 Å². The molecule has 2 amide bonds. The van der Waals surface area contributed by atoms with E-state index in [1.807, 2.05) is 52.1 Å². The minimum atomic E-state index is -0.982. The molecule has 11 nitrogen and oxygen atoms in total. The fourth-order valence-corrected chi connectivity index (χ4v) is 4.31. The lowest BCUT2D eigenvalue weighted by molar-refractivity contribution is 0.0847. The van der Waals surface area contributed by atoms with E-state index in [-0.39, 0.29) is 23.2 Å². The highest BCUT2D eigenvalue weighted by Crippen LogP contribution is 2.32. The topological polar surface area (TPSA) is 126 Å². The van der Waals surface area contributed by atoms with Crippen LogP contribution in [-0.2, 0) is 16.8 Å². The molecule has 1 aliphatic rings. The first-order valence-corrected chi connectivity index (χ1v) is 12.6. The number of benzene rings is 1. The van der Waals surface area contributed by atoms with Gasteiger partial charge in [-0.15, -0.1) is 5.10 Å². The number of carboxylic acid groups (broad SMARTS) is 1. The van der Waals surface area contributed by atoms with Crippen LogP contribution in [0.3, 0.4) is 0 Å². The van der Waals surface area contributed by atoms with Gasteiger partial charge in [0, 0.05) is 38.4 Å². The Balaban J connectivity index is 1.50. The number of hydrogen-bond acceptors (Lipinski definition) is 7. The van der Waals surface area contributed by atoms with Gasteiger partial charge in [0.1, 0.15) is 0 Å². The molecule has 1 fully saturated rings. The molecular weight excluding hydrogens is 486 g/mol. The van der Waals surface area contributed by atoms with Crippen molar-refractivity contribution in [1.82, 2.24) is 30.2 Å². The molecular formula is C27H35N7O4. The first-order chi connectivity index (χ1) is 18.0. The summed E-state index contributed by atoms with van der Waals surface area (Å²) in [4.78, 5) is 31.9. The Hall–Kier alpha value is -3.99.